The average Bonchev–Trinajstić information content (AvgIpc) is 2.67. The summed E-state index contributed by atoms with van der Waals surface area (Å²) in [6, 6.07) is 6.53. The minimum absolute atomic E-state index is 0. The average molecular weight is 395 g/mol. The highest BCUT2D eigenvalue weighted by atomic mass is 35.5. The minimum atomic E-state index is 0. The van der Waals surface area contributed by atoms with Gasteiger partial charge in [0.2, 0.25) is 0 Å². The molecule has 0 spiro atoms. The number of hydrogen-bond donors (Lipinski definition) is 4. The van der Waals surface area contributed by atoms with E-state index in [1.54, 1.807) is 0 Å². The Bertz CT molecular complexity index is 396. The Kier molecular flexibility index (Phi) is 16.4. The number of nitrogens with zero attached hydrogens (tertiary/aromatic N) is 1. The van der Waals surface area contributed by atoms with Gasteiger partial charge in [0.15, 0.2) is 0 Å². The van der Waals surface area contributed by atoms with Crippen LogP contribution in [0.15, 0.2) is 18.2 Å². The number of hydrogen-bond acceptors (Lipinski definition) is 5. The van der Waals surface area contributed by atoms with Gasteiger partial charge in [-0.1, -0.05) is 6.07 Å². The smallest absolute Gasteiger partial charge is 0.123 e. The maximum absolute atomic E-state index is 6.05. The number of pyridine rings is 1. The maximum Gasteiger partial charge on any atom is 0.123 e. The van der Waals surface area contributed by atoms with E-state index in [-0.39, 0.29) is 55.7 Å². The van der Waals surface area contributed by atoms with Crippen LogP contribution in [-0.2, 0) is 6.42 Å². The number of halogens is 4. The molecule has 0 saturated heterocycles. The Morgan fingerprint density at radius 3 is 2.41 bits per heavy atom. The van der Waals surface area contributed by atoms with E-state index in [0.29, 0.717) is 24.3 Å². The monoisotopic (exact) mass is 393 g/mol. The van der Waals surface area contributed by atoms with Crippen molar-refractivity contribution in [2.45, 2.75) is 31.3 Å². The van der Waals surface area contributed by atoms with E-state index in [4.69, 9.17) is 17.2 Å². The van der Waals surface area contributed by atoms with E-state index in [1.807, 2.05) is 18.2 Å². The lowest BCUT2D eigenvalue weighted by Gasteiger charge is -2.20. The molecule has 1 aromatic rings. The fourth-order valence-corrected chi connectivity index (χ4v) is 2.79. The van der Waals surface area contributed by atoms with Gasteiger partial charge >= 0.3 is 0 Å². The van der Waals surface area contributed by atoms with Gasteiger partial charge in [-0.15, -0.1) is 49.6 Å². The Morgan fingerprint density at radius 2 is 1.82 bits per heavy atom. The van der Waals surface area contributed by atoms with Gasteiger partial charge in [-0.2, -0.15) is 0 Å². The van der Waals surface area contributed by atoms with Crippen molar-refractivity contribution in [3.8, 4) is 0 Å². The molecule has 3 atom stereocenters. The van der Waals surface area contributed by atoms with Gasteiger partial charge in [-0.3, -0.25) is 0 Å². The minimum Gasteiger partial charge on any atom is -0.384 e. The fraction of sp³-hybridized carbons (Fsp3) is 0.615. The Hall–Kier alpha value is -0.0100. The molecule has 1 aliphatic rings. The predicted octanol–water partition coefficient (Wildman–Crippen LogP) is 1.55. The lowest BCUT2D eigenvalue weighted by molar-refractivity contribution is 0.400. The first-order chi connectivity index (χ1) is 8.69. The second-order valence-electron chi connectivity index (χ2n) is 5.10. The van der Waals surface area contributed by atoms with E-state index in [0.717, 1.165) is 31.5 Å². The molecule has 2 rings (SSSR count). The number of aromatic nitrogens is 1. The summed E-state index contributed by atoms with van der Waals surface area (Å²) in [7, 11) is 0. The molecule has 7 N–H and O–H groups in total. The third-order valence-electron chi connectivity index (χ3n) is 3.58. The first kappa shape index (κ1) is 26.9. The molecule has 5 nitrogen and oxygen atoms in total. The summed E-state index contributed by atoms with van der Waals surface area (Å²) >= 11 is 0. The predicted molar refractivity (Wildman–Crippen MR) is 103 cm³/mol. The van der Waals surface area contributed by atoms with Gasteiger partial charge in [-0.25, -0.2) is 4.98 Å². The van der Waals surface area contributed by atoms with Crippen LogP contribution in [-0.4, -0.2) is 30.2 Å². The lowest BCUT2D eigenvalue weighted by atomic mass is 9.97. The molecule has 1 fully saturated rings. The standard InChI is InChI=1S/C13H23N5.4ClH/c14-4-5-17-12-8-10(15)6-9(12)7-11-2-1-3-13(16)18-11;;;;/h1-3,9-10,12,17H,4-8,14-15H2,(H2,16,18);4*1H/t9-,10+,12+;;;;/m1..../s1. The van der Waals surface area contributed by atoms with Crippen LogP contribution in [0.5, 0.6) is 0 Å². The molecular formula is C13H27Cl4N5. The molecule has 0 aliphatic heterocycles. The number of nitrogen functional groups attached to an aromatic ring is 1. The SMILES string of the molecule is Cl.Cl.Cl.Cl.NCCN[C@H]1C[C@@H](N)C[C@@H]1Cc1cccc(N)n1. The third-order valence-corrected chi connectivity index (χ3v) is 3.58. The Labute approximate surface area is 157 Å². The molecule has 1 saturated carbocycles. The van der Waals surface area contributed by atoms with Gasteiger partial charge in [0, 0.05) is 30.9 Å². The van der Waals surface area contributed by atoms with E-state index in [9.17, 15) is 0 Å². The molecule has 1 heterocycles. The molecule has 0 aromatic carbocycles. The zero-order valence-corrected chi connectivity index (χ0v) is 15.6. The molecule has 22 heavy (non-hydrogen) atoms. The van der Waals surface area contributed by atoms with Gasteiger partial charge in [0.1, 0.15) is 5.82 Å². The number of anilines is 1. The maximum atomic E-state index is 6.05. The van der Waals surface area contributed by atoms with E-state index in [2.05, 4.69) is 10.3 Å². The summed E-state index contributed by atoms with van der Waals surface area (Å²) in [5.41, 5.74) is 18.3. The second kappa shape index (κ2) is 13.4. The highest BCUT2D eigenvalue weighted by Crippen LogP contribution is 2.27. The molecule has 0 radical (unpaired) electrons. The molecule has 1 aromatic heterocycles. The quantitative estimate of drug-likeness (QED) is 0.606. The summed E-state index contributed by atoms with van der Waals surface area (Å²) in [4.78, 5) is 4.36. The van der Waals surface area contributed by atoms with Crippen LogP contribution < -0.4 is 22.5 Å². The molecule has 9 heteroatoms. The molecule has 0 unspecified atom stereocenters. The van der Waals surface area contributed by atoms with Crippen LogP contribution in [0.3, 0.4) is 0 Å². The topological polar surface area (TPSA) is 103 Å². The normalized spacial score (nSPS) is 22.5. The molecule has 0 bridgehead atoms. The summed E-state index contributed by atoms with van der Waals surface area (Å²) in [6.45, 7) is 1.51. The van der Waals surface area contributed by atoms with Gasteiger partial charge in [0.05, 0.1) is 0 Å². The van der Waals surface area contributed by atoms with Crippen LogP contribution in [0.2, 0.25) is 0 Å². The number of nitrogens with one attached hydrogen (secondary N) is 1. The van der Waals surface area contributed by atoms with Crippen molar-refractivity contribution in [1.82, 2.24) is 10.3 Å². The van der Waals surface area contributed by atoms with Gasteiger partial charge < -0.3 is 22.5 Å². The van der Waals surface area contributed by atoms with Crippen LogP contribution in [0.4, 0.5) is 5.82 Å². The third kappa shape index (κ3) is 8.02. The molecular weight excluding hydrogens is 368 g/mol. The second-order valence-corrected chi connectivity index (χ2v) is 5.10. The van der Waals surface area contributed by atoms with Crippen LogP contribution in [0.25, 0.3) is 0 Å². The highest BCUT2D eigenvalue weighted by Gasteiger charge is 2.32. The van der Waals surface area contributed by atoms with Crippen LogP contribution >= 0.6 is 49.6 Å². The van der Waals surface area contributed by atoms with Crippen molar-refractivity contribution in [1.29, 1.82) is 0 Å². The van der Waals surface area contributed by atoms with Crippen LogP contribution in [0, 0.1) is 5.92 Å². The van der Waals surface area contributed by atoms with E-state index >= 15 is 0 Å². The van der Waals surface area contributed by atoms with Crippen molar-refractivity contribution in [2.75, 3.05) is 18.8 Å². The number of rotatable bonds is 5. The van der Waals surface area contributed by atoms with E-state index in [1.165, 1.54) is 0 Å². The summed E-state index contributed by atoms with van der Waals surface area (Å²) < 4.78 is 0. The van der Waals surface area contributed by atoms with Gasteiger partial charge in [-0.05, 0) is 37.3 Å². The Morgan fingerprint density at radius 1 is 1.14 bits per heavy atom. The first-order valence-corrected chi connectivity index (χ1v) is 6.59. The molecule has 0 amide bonds. The molecule has 1 aliphatic carbocycles. The Balaban J connectivity index is -0.000000902. The fourth-order valence-electron chi connectivity index (χ4n) is 2.79. The van der Waals surface area contributed by atoms with Crippen molar-refractivity contribution < 1.29 is 0 Å². The van der Waals surface area contributed by atoms with Gasteiger partial charge in [0.25, 0.3) is 0 Å². The van der Waals surface area contributed by atoms with Crippen LogP contribution in [0.1, 0.15) is 18.5 Å². The first-order valence-electron chi connectivity index (χ1n) is 6.59. The lowest BCUT2D eigenvalue weighted by Crippen LogP contribution is -2.37. The van der Waals surface area contributed by atoms with Crippen molar-refractivity contribution in [3.63, 3.8) is 0 Å². The highest BCUT2D eigenvalue weighted by molar-refractivity contribution is 5.86. The van der Waals surface area contributed by atoms with Crippen molar-refractivity contribution >= 4 is 55.4 Å². The zero-order valence-electron chi connectivity index (χ0n) is 12.3. The summed E-state index contributed by atoms with van der Waals surface area (Å²) in [6.07, 6.45) is 2.99. The largest absolute Gasteiger partial charge is 0.384 e. The summed E-state index contributed by atoms with van der Waals surface area (Å²) in [5, 5.41) is 3.48. The van der Waals surface area contributed by atoms with Crippen molar-refractivity contribution in [2.24, 2.45) is 17.4 Å². The van der Waals surface area contributed by atoms with Crippen molar-refractivity contribution in [3.05, 3.63) is 23.9 Å². The molecule has 132 valence electrons. The number of nitrogens with two attached hydrogens (primary N) is 3. The summed E-state index contributed by atoms with van der Waals surface area (Å²) in [5.74, 6) is 1.11. The zero-order chi connectivity index (χ0) is 13.0. The van der Waals surface area contributed by atoms with E-state index < -0.39 is 0 Å².